The summed E-state index contributed by atoms with van der Waals surface area (Å²) in [6.45, 7) is 2.42. The number of hydrogen-bond acceptors (Lipinski definition) is 5. The molecule has 1 spiro atoms. The van der Waals surface area contributed by atoms with Gasteiger partial charge in [-0.05, 0) is 50.1 Å². The number of rotatable bonds is 6. The molecule has 34 heavy (non-hydrogen) atoms. The van der Waals surface area contributed by atoms with Gasteiger partial charge in [0.15, 0.2) is 17.4 Å². The highest BCUT2D eigenvalue weighted by molar-refractivity contribution is 5.98. The average Bonchev–Trinajstić information content (AvgIpc) is 3.17. The van der Waals surface area contributed by atoms with Crippen molar-refractivity contribution < 1.29 is 18.4 Å². The number of carbonyl (C=O) groups is 2. The first-order valence-corrected chi connectivity index (χ1v) is 11.6. The molecule has 6 nitrogen and oxygen atoms in total. The van der Waals surface area contributed by atoms with Crippen LogP contribution in [0.4, 0.5) is 14.5 Å². The Morgan fingerprint density at radius 2 is 1.85 bits per heavy atom. The quantitative estimate of drug-likeness (QED) is 0.561. The highest BCUT2D eigenvalue weighted by Crippen LogP contribution is 2.36. The lowest BCUT2D eigenvalue weighted by atomic mass is 9.85. The van der Waals surface area contributed by atoms with Gasteiger partial charge in [-0.15, -0.1) is 0 Å². The van der Waals surface area contributed by atoms with Gasteiger partial charge in [0.25, 0.3) is 0 Å². The van der Waals surface area contributed by atoms with Crippen LogP contribution in [-0.2, 0) is 4.79 Å². The van der Waals surface area contributed by atoms with Crippen LogP contribution >= 0.6 is 0 Å². The fourth-order valence-electron chi connectivity index (χ4n) is 5.06. The van der Waals surface area contributed by atoms with Crippen LogP contribution < -0.4 is 10.2 Å². The van der Waals surface area contributed by atoms with Gasteiger partial charge in [-0.3, -0.25) is 14.6 Å². The molecular formula is C26H26F2N4O2. The molecule has 5 rings (SSSR count). The normalized spacial score (nSPS) is 17.9. The molecule has 0 unspecified atom stereocenters. The van der Waals surface area contributed by atoms with Crippen molar-refractivity contribution >= 4 is 28.3 Å². The molecule has 3 heterocycles. The van der Waals surface area contributed by atoms with Crippen LogP contribution in [0.3, 0.4) is 0 Å². The van der Waals surface area contributed by atoms with Crippen LogP contribution in [0.2, 0.25) is 0 Å². The van der Waals surface area contributed by atoms with Crippen molar-refractivity contribution in [3.05, 3.63) is 71.9 Å². The zero-order valence-corrected chi connectivity index (χ0v) is 18.8. The van der Waals surface area contributed by atoms with E-state index in [9.17, 15) is 18.4 Å². The summed E-state index contributed by atoms with van der Waals surface area (Å²) in [6.07, 6.45) is 3.96. The number of carbonyl (C=O) groups excluding carboxylic acids is 2. The van der Waals surface area contributed by atoms with Crippen LogP contribution in [0.5, 0.6) is 0 Å². The Morgan fingerprint density at radius 1 is 1.06 bits per heavy atom. The van der Waals surface area contributed by atoms with E-state index in [0.717, 1.165) is 36.0 Å². The predicted molar refractivity (Wildman–Crippen MR) is 126 cm³/mol. The number of nitrogens with one attached hydrogen (secondary N) is 1. The van der Waals surface area contributed by atoms with Crippen LogP contribution in [0.25, 0.3) is 10.9 Å². The van der Waals surface area contributed by atoms with Crippen LogP contribution in [0.15, 0.2) is 54.7 Å². The second kappa shape index (κ2) is 9.10. The van der Waals surface area contributed by atoms with Gasteiger partial charge in [-0.1, -0.05) is 18.2 Å². The second-order valence-electron chi connectivity index (χ2n) is 9.01. The summed E-state index contributed by atoms with van der Waals surface area (Å²) >= 11 is 0. The van der Waals surface area contributed by atoms with Gasteiger partial charge < -0.3 is 15.1 Å². The summed E-state index contributed by atoms with van der Waals surface area (Å²) in [7, 11) is 0. The Bertz CT molecular complexity index is 1240. The molecule has 3 aromatic rings. The third-order valence-electron chi connectivity index (χ3n) is 7.03. The molecule has 2 fully saturated rings. The number of fused-ring (bicyclic) bond motifs is 1. The third kappa shape index (κ3) is 4.14. The highest BCUT2D eigenvalue weighted by atomic mass is 19.2. The van der Waals surface area contributed by atoms with E-state index in [1.54, 1.807) is 6.20 Å². The standard InChI is InChI=1S/C26H26F2N4O2/c27-21-8-7-20(15-22(21)28)32-17-30-25(34)26(32)9-12-31(13-10-26)11-3-6-24(33)19-14-18-4-1-2-5-23(18)29-16-19/h1-2,4-5,7-8,14-16H,3,6,9-13,17H2,(H,30,34). The minimum Gasteiger partial charge on any atom is -0.339 e. The number of amides is 1. The Hall–Kier alpha value is -3.39. The van der Waals surface area contributed by atoms with E-state index in [-0.39, 0.29) is 18.4 Å². The predicted octanol–water partition coefficient (Wildman–Crippen LogP) is 3.90. The number of para-hydroxylation sites is 1. The number of nitrogens with zero attached hydrogens (tertiary/aromatic N) is 3. The van der Waals surface area contributed by atoms with Gasteiger partial charge in [0.1, 0.15) is 5.54 Å². The number of hydrogen-bond donors (Lipinski definition) is 1. The first-order chi connectivity index (χ1) is 16.5. The number of anilines is 1. The maximum Gasteiger partial charge on any atom is 0.247 e. The van der Waals surface area contributed by atoms with Crippen molar-refractivity contribution in [1.82, 2.24) is 15.2 Å². The molecule has 0 aliphatic carbocycles. The van der Waals surface area contributed by atoms with E-state index in [4.69, 9.17) is 0 Å². The Kier molecular flexibility index (Phi) is 6.00. The molecule has 2 aliphatic rings. The Labute approximate surface area is 196 Å². The maximum atomic E-state index is 13.8. The van der Waals surface area contributed by atoms with Crippen molar-refractivity contribution in [2.45, 2.75) is 31.2 Å². The zero-order valence-electron chi connectivity index (χ0n) is 18.8. The molecule has 8 heteroatoms. The van der Waals surface area contributed by atoms with E-state index in [2.05, 4.69) is 15.2 Å². The maximum absolute atomic E-state index is 13.8. The monoisotopic (exact) mass is 464 g/mol. The lowest BCUT2D eigenvalue weighted by molar-refractivity contribution is -0.125. The molecule has 1 N–H and O–H groups in total. The summed E-state index contributed by atoms with van der Waals surface area (Å²) < 4.78 is 27.2. The largest absolute Gasteiger partial charge is 0.339 e. The minimum absolute atomic E-state index is 0.0733. The van der Waals surface area contributed by atoms with Gasteiger partial charge in [-0.2, -0.15) is 0 Å². The molecule has 2 saturated heterocycles. The van der Waals surface area contributed by atoms with E-state index in [1.807, 2.05) is 35.2 Å². The second-order valence-corrected chi connectivity index (χ2v) is 9.01. The van der Waals surface area contributed by atoms with Crippen molar-refractivity contribution in [2.24, 2.45) is 0 Å². The molecule has 2 aromatic carbocycles. The minimum atomic E-state index is -0.921. The van der Waals surface area contributed by atoms with Gasteiger partial charge >= 0.3 is 0 Å². The number of likely N-dealkylation sites (tertiary alicyclic amines) is 1. The fourth-order valence-corrected chi connectivity index (χ4v) is 5.06. The number of halogens is 2. The van der Waals surface area contributed by atoms with Gasteiger partial charge in [0.2, 0.25) is 5.91 Å². The summed E-state index contributed by atoms with van der Waals surface area (Å²) in [4.78, 5) is 33.9. The topological polar surface area (TPSA) is 65.5 Å². The molecule has 176 valence electrons. The summed E-state index contributed by atoms with van der Waals surface area (Å²) in [5, 5.41) is 3.82. The number of pyridine rings is 1. The van der Waals surface area contributed by atoms with Crippen molar-refractivity contribution in [3.8, 4) is 0 Å². The van der Waals surface area contributed by atoms with Gasteiger partial charge in [0, 0.05) is 48.4 Å². The molecule has 1 aromatic heterocycles. The van der Waals surface area contributed by atoms with Crippen LogP contribution in [0.1, 0.15) is 36.0 Å². The molecule has 0 bridgehead atoms. The first-order valence-electron chi connectivity index (χ1n) is 11.6. The van der Waals surface area contributed by atoms with Crippen LogP contribution in [-0.4, -0.2) is 53.4 Å². The number of ketones is 1. The van der Waals surface area contributed by atoms with Crippen molar-refractivity contribution in [1.29, 1.82) is 0 Å². The Morgan fingerprint density at radius 3 is 2.65 bits per heavy atom. The van der Waals surface area contributed by atoms with Crippen molar-refractivity contribution in [3.63, 3.8) is 0 Å². The number of aromatic nitrogens is 1. The lowest BCUT2D eigenvalue weighted by Gasteiger charge is -2.43. The average molecular weight is 465 g/mol. The lowest BCUT2D eigenvalue weighted by Crippen LogP contribution is -2.56. The van der Waals surface area contributed by atoms with Crippen LogP contribution in [0, 0.1) is 11.6 Å². The number of Topliss-reactive ketones (excluding diaryl/α,β-unsaturated/α-hetero) is 1. The molecule has 0 saturated carbocycles. The summed E-state index contributed by atoms with van der Waals surface area (Å²) in [5.74, 6) is -1.82. The summed E-state index contributed by atoms with van der Waals surface area (Å²) in [6, 6.07) is 13.4. The smallest absolute Gasteiger partial charge is 0.247 e. The third-order valence-corrected chi connectivity index (χ3v) is 7.03. The highest BCUT2D eigenvalue weighted by Gasteiger charge is 2.50. The van der Waals surface area contributed by atoms with Gasteiger partial charge in [0.05, 0.1) is 12.2 Å². The van der Waals surface area contributed by atoms with Gasteiger partial charge in [-0.25, -0.2) is 8.78 Å². The SMILES string of the molecule is O=C(CCCN1CCC2(CC1)C(=O)NCN2c1ccc(F)c(F)c1)c1cnc2ccccc2c1. The first kappa shape index (κ1) is 22.4. The number of piperidine rings is 1. The molecule has 0 atom stereocenters. The van der Waals surface area contributed by atoms with E-state index < -0.39 is 17.2 Å². The van der Waals surface area contributed by atoms with Crippen molar-refractivity contribution in [2.75, 3.05) is 31.2 Å². The number of benzene rings is 2. The Balaban J connectivity index is 1.17. The zero-order chi connectivity index (χ0) is 23.7. The molecular weight excluding hydrogens is 438 g/mol. The van der Waals surface area contributed by atoms with E-state index in [1.165, 1.54) is 6.07 Å². The summed E-state index contributed by atoms with van der Waals surface area (Å²) in [5.41, 5.74) is 1.24. The molecule has 0 radical (unpaired) electrons. The molecule has 1 amide bonds. The van der Waals surface area contributed by atoms with E-state index >= 15 is 0 Å². The fraction of sp³-hybridized carbons (Fsp3) is 0.346. The van der Waals surface area contributed by atoms with E-state index in [0.29, 0.717) is 43.6 Å². The molecule has 2 aliphatic heterocycles.